The second-order valence-electron chi connectivity index (χ2n) is 6.30. The van der Waals surface area contributed by atoms with Crippen LogP contribution in [0.5, 0.6) is 0 Å². The van der Waals surface area contributed by atoms with Crippen LogP contribution in [0.15, 0.2) is 24.3 Å². The van der Waals surface area contributed by atoms with E-state index in [-0.39, 0.29) is 5.41 Å². The molecule has 3 heteroatoms. The maximum absolute atomic E-state index is 5.75. The van der Waals surface area contributed by atoms with Gasteiger partial charge in [-0.25, -0.2) is 0 Å². The molecule has 2 unspecified atom stereocenters. The average molecular weight is 262 g/mol. The van der Waals surface area contributed by atoms with Crippen LogP contribution in [0.1, 0.15) is 32.8 Å². The molecule has 0 spiro atoms. The molecule has 0 saturated carbocycles. The smallest absolute Gasteiger partial charge is 0.0509 e. The summed E-state index contributed by atoms with van der Waals surface area (Å²) in [5.41, 5.74) is 8.00. The SMILES string of the molecule is CC(NCC(C)(C)c1ccc(N)cc1)C1CCOC1. The van der Waals surface area contributed by atoms with Crippen LogP contribution in [0.3, 0.4) is 0 Å². The molecule has 1 aromatic rings. The molecule has 3 N–H and O–H groups in total. The second-order valence-corrected chi connectivity index (χ2v) is 6.30. The maximum atomic E-state index is 5.75. The van der Waals surface area contributed by atoms with Gasteiger partial charge in [-0.3, -0.25) is 0 Å². The van der Waals surface area contributed by atoms with Gasteiger partial charge in [0.15, 0.2) is 0 Å². The molecule has 2 rings (SSSR count). The van der Waals surface area contributed by atoms with Crippen molar-refractivity contribution < 1.29 is 4.74 Å². The zero-order chi connectivity index (χ0) is 13.9. The van der Waals surface area contributed by atoms with Crippen molar-refractivity contribution >= 4 is 5.69 Å². The minimum atomic E-state index is 0.113. The molecule has 1 aliphatic rings. The van der Waals surface area contributed by atoms with E-state index >= 15 is 0 Å². The number of anilines is 1. The largest absolute Gasteiger partial charge is 0.399 e. The van der Waals surface area contributed by atoms with Crippen molar-refractivity contribution in [3.63, 3.8) is 0 Å². The number of nitrogens with two attached hydrogens (primary N) is 1. The first-order valence-corrected chi connectivity index (χ1v) is 7.16. The van der Waals surface area contributed by atoms with E-state index in [1.807, 2.05) is 12.1 Å². The highest BCUT2D eigenvalue weighted by atomic mass is 16.5. The van der Waals surface area contributed by atoms with Crippen LogP contribution in [-0.2, 0) is 10.2 Å². The van der Waals surface area contributed by atoms with Crippen LogP contribution in [0.4, 0.5) is 5.69 Å². The summed E-state index contributed by atoms with van der Waals surface area (Å²) in [6.45, 7) is 9.58. The minimum absolute atomic E-state index is 0.113. The van der Waals surface area contributed by atoms with Gasteiger partial charge in [0.05, 0.1) is 6.61 Å². The molecule has 3 nitrogen and oxygen atoms in total. The van der Waals surface area contributed by atoms with Gasteiger partial charge >= 0.3 is 0 Å². The van der Waals surface area contributed by atoms with Gasteiger partial charge < -0.3 is 15.8 Å². The van der Waals surface area contributed by atoms with Crippen LogP contribution in [-0.4, -0.2) is 25.8 Å². The number of hydrogen-bond acceptors (Lipinski definition) is 3. The summed E-state index contributed by atoms with van der Waals surface area (Å²) in [5.74, 6) is 0.655. The van der Waals surface area contributed by atoms with Crippen molar-refractivity contribution in [3.05, 3.63) is 29.8 Å². The number of nitrogens with one attached hydrogen (secondary N) is 1. The topological polar surface area (TPSA) is 47.3 Å². The first-order valence-electron chi connectivity index (χ1n) is 7.16. The van der Waals surface area contributed by atoms with E-state index in [9.17, 15) is 0 Å². The second kappa shape index (κ2) is 5.93. The summed E-state index contributed by atoms with van der Waals surface area (Å²) in [6, 6.07) is 8.72. The van der Waals surface area contributed by atoms with Crippen molar-refractivity contribution in [2.45, 2.75) is 38.6 Å². The third-order valence-electron chi connectivity index (χ3n) is 4.23. The zero-order valence-electron chi connectivity index (χ0n) is 12.3. The Morgan fingerprint density at radius 2 is 2.05 bits per heavy atom. The quantitative estimate of drug-likeness (QED) is 0.802. The molecule has 2 atom stereocenters. The van der Waals surface area contributed by atoms with Gasteiger partial charge in [-0.1, -0.05) is 26.0 Å². The fourth-order valence-corrected chi connectivity index (χ4v) is 2.57. The van der Waals surface area contributed by atoms with Crippen molar-refractivity contribution in [2.75, 3.05) is 25.5 Å². The van der Waals surface area contributed by atoms with Gasteiger partial charge in [0.25, 0.3) is 0 Å². The number of ether oxygens (including phenoxy) is 1. The lowest BCUT2D eigenvalue weighted by molar-refractivity contribution is 0.177. The first-order chi connectivity index (χ1) is 8.99. The number of nitrogen functional groups attached to an aromatic ring is 1. The van der Waals surface area contributed by atoms with Crippen LogP contribution in [0, 0.1) is 5.92 Å². The molecule has 0 aliphatic carbocycles. The molecule has 106 valence electrons. The Morgan fingerprint density at radius 3 is 2.63 bits per heavy atom. The van der Waals surface area contributed by atoms with Crippen LogP contribution in [0.25, 0.3) is 0 Å². The predicted molar refractivity (Wildman–Crippen MR) is 80.3 cm³/mol. The fraction of sp³-hybridized carbons (Fsp3) is 0.625. The van der Waals surface area contributed by atoms with Crippen molar-refractivity contribution in [1.82, 2.24) is 5.32 Å². The zero-order valence-corrected chi connectivity index (χ0v) is 12.3. The van der Waals surface area contributed by atoms with Crippen LogP contribution >= 0.6 is 0 Å². The third kappa shape index (κ3) is 3.71. The summed E-state index contributed by atoms with van der Waals surface area (Å²) < 4.78 is 5.45. The summed E-state index contributed by atoms with van der Waals surface area (Å²) in [4.78, 5) is 0. The lowest BCUT2D eigenvalue weighted by atomic mass is 9.84. The molecule has 19 heavy (non-hydrogen) atoms. The van der Waals surface area contributed by atoms with Crippen LogP contribution < -0.4 is 11.1 Å². The Balaban J connectivity index is 1.91. The van der Waals surface area contributed by atoms with E-state index in [0.29, 0.717) is 12.0 Å². The highest BCUT2D eigenvalue weighted by Crippen LogP contribution is 2.24. The molecule has 1 aliphatic heterocycles. The molecule has 1 fully saturated rings. The third-order valence-corrected chi connectivity index (χ3v) is 4.23. The lowest BCUT2D eigenvalue weighted by Gasteiger charge is -2.29. The Kier molecular flexibility index (Phi) is 4.48. The summed E-state index contributed by atoms with van der Waals surface area (Å²) in [5, 5.41) is 3.67. The number of hydrogen-bond donors (Lipinski definition) is 2. The van der Waals surface area contributed by atoms with Crippen LogP contribution in [0.2, 0.25) is 0 Å². The number of benzene rings is 1. The van der Waals surface area contributed by atoms with Gasteiger partial charge in [0, 0.05) is 30.3 Å². The predicted octanol–water partition coefficient (Wildman–Crippen LogP) is 2.56. The van der Waals surface area contributed by atoms with Gasteiger partial charge in [0.1, 0.15) is 0 Å². The van der Waals surface area contributed by atoms with Crippen molar-refractivity contribution in [1.29, 1.82) is 0 Å². The molecule has 0 radical (unpaired) electrons. The van der Waals surface area contributed by atoms with E-state index in [2.05, 4.69) is 38.2 Å². The minimum Gasteiger partial charge on any atom is -0.399 e. The lowest BCUT2D eigenvalue weighted by Crippen LogP contribution is -2.41. The number of rotatable bonds is 5. The molecule has 1 aromatic carbocycles. The highest BCUT2D eigenvalue weighted by molar-refractivity contribution is 5.41. The summed E-state index contributed by atoms with van der Waals surface area (Å²) in [7, 11) is 0. The highest BCUT2D eigenvalue weighted by Gasteiger charge is 2.25. The summed E-state index contributed by atoms with van der Waals surface area (Å²) >= 11 is 0. The Hall–Kier alpha value is -1.06. The first kappa shape index (κ1) is 14.4. The van der Waals surface area contributed by atoms with Gasteiger partial charge in [-0.15, -0.1) is 0 Å². The molecule has 0 bridgehead atoms. The van der Waals surface area contributed by atoms with E-state index in [1.54, 1.807) is 0 Å². The Labute approximate surface area is 116 Å². The van der Waals surface area contributed by atoms with E-state index in [0.717, 1.165) is 25.4 Å². The van der Waals surface area contributed by atoms with Gasteiger partial charge in [0.2, 0.25) is 0 Å². The molecule has 1 saturated heterocycles. The maximum Gasteiger partial charge on any atom is 0.0509 e. The summed E-state index contributed by atoms with van der Waals surface area (Å²) in [6.07, 6.45) is 1.18. The van der Waals surface area contributed by atoms with E-state index in [1.165, 1.54) is 12.0 Å². The Morgan fingerprint density at radius 1 is 1.37 bits per heavy atom. The van der Waals surface area contributed by atoms with Gasteiger partial charge in [-0.2, -0.15) is 0 Å². The molecular formula is C16H26N2O. The molecule has 1 heterocycles. The average Bonchev–Trinajstić information content (AvgIpc) is 2.90. The molecule has 0 aromatic heterocycles. The molecular weight excluding hydrogens is 236 g/mol. The normalized spacial score (nSPS) is 21.5. The standard InChI is InChI=1S/C16H26N2O/c1-12(13-8-9-19-10-13)18-11-16(2,3)14-4-6-15(17)7-5-14/h4-7,12-13,18H,8-11,17H2,1-3H3. The van der Waals surface area contributed by atoms with Gasteiger partial charge in [-0.05, 0) is 37.0 Å². The van der Waals surface area contributed by atoms with Crippen molar-refractivity contribution in [3.8, 4) is 0 Å². The fourth-order valence-electron chi connectivity index (χ4n) is 2.57. The monoisotopic (exact) mass is 262 g/mol. The molecule has 0 amide bonds. The van der Waals surface area contributed by atoms with E-state index < -0.39 is 0 Å². The Bertz CT molecular complexity index is 394. The van der Waals surface area contributed by atoms with Crippen molar-refractivity contribution in [2.24, 2.45) is 5.92 Å². The van der Waals surface area contributed by atoms with E-state index in [4.69, 9.17) is 10.5 Å².